The number of fused-ring (bicyclic) bond motifs is 1. The van der Waals surface area contributed by atoms with Crippen molar-refractivity contribution in [2.45, 2.75) is 6.92 Å². The van der Waals surface area contributed by atoms with Crippen molar-refractivity contribution in [2.75, 3.05) is 39.3 Å². The Morgan fingerprint density at radius 1 is 1.31 bits per heavy atom. The van der Waals surface area contributed by atoms with E-state index in [0.29, 0.717) is 12.1 Å². The molecule has 7 nitrogen and oxygen atoms in total. The molecule has 4 heterocycles. The number of pyridine rings is 1. The number of hydrogen-bond donors (Lipinski definition) is 2. The van der Waals surface area contributed by atoms with Gasteiger partial charge >= 0.3 is 0 Å². The predicted octanol–water partition coefficient (Wildman–Crippen LogP) is 2.48. The van der Waals surface area contributed by atoms with E-state index in [1.807, 2.05) is 37.6 Å². The Bertz CT molecular complexity index is 953. The van der Waals surface area contributed by atoms with Crippen LogP contribution in [0.5, 0.6) is 0 Å². The van der Waals surface area contributed by atoms with Crippen molar-refractivity contribution in [2.24, 2.45) is 7.05 Å². The molecule has 1 saturated heterocycles. The SMILES string of the molecule is Cc1nn(C)c2nc(-c3cccs3)cc(C(=O)NCCN3CCNCC3)c12.Cl.Cl. The van der Waals surface area contributed by atoms with E-state index in [2.05, 4.69) is 20.6 Å². The third kappa shape index (κ3) is 5.07. The number of nitrogens with zero attached hydrogens (tertiary/aromatic N) is 4. The van der Waals surface area contributed by atoms with Crippen molar-refractivity contribution in [1.29, 1.82) is 0 Å². The van der Waals surface area contributed by atoms with E-state index >= 15 is 0 Å². The monoisotopic (exact) mass is 456 g/mol. The molecule has 3 aromatic heterocycles. The van der Waals surface area contributed by atoms with Crippen LogP contribution in [0.15, 0.2) is 23.6 Å². The van der Waals surface area contributed by atoms with E-state index in [-0.39, 0.29) is 30.7 Å². The number of thiophene rings is 1. The van der Waals surface area contributed by atoms with Crippen molar-refractivity contribution in [1.82, 2.24) is 30.3 Å². The minimum atomic E-state index is -0.0635. The lowest BCUT2D eigenvalue weighted by atomic mass is 10.1. The van der Waals surface area contributed by atoms with Gasteiger partial charge in [0.1, 0.15) is 0 Å². The molecule has 0 aliphatic carbocycles. The van der Waals surface area contributed by atoms with Gasteiger partial charge in [0.2, 0.25) is 0 Å². The normalized spacial score (nSPS) is 14.3. The summed E-state index contributed by atoms with van der Waals surface area (Å²) in [6.45, 7) is 7.50. The Morgan fingerprint density at radius 2 is 2.07 bits per heavy atom. The summed E-state index contributed by atoms with van der Waals surface area (Å²) in [4.78, 5) is 21.1. The fourth-order valence-corrected chi connectivity index (χ4v) is 4.22. The molecular formula is C19H26Cl2N6OS. The van der Waals surface area contributed by atoms with E-state index in [4.69, 9.17) is 4.98 Å². The first kappa shape index (κ1) is 23.6. The fourth-order valence-electron chi connectivity index (χ4n) is 3.53. The van der Waals surface area contributed by atoms with E-state index in [1.54, 1.807) is 16.0 Å². The van der Waals surface area contributed by atoms with Gasteiger partial charge in [-0.2, -0.15) is 5.10 Å². The van der Waals surface area contributed by atoms with Crippen LogP contribution in [0.25, 0.3) is 21.6 Å². The molecule has 1 amide bonds. The van der Waals surface area contributed by atoms with Crippen LogP contribution in [0.2, 0.25) is 0 Å². The number of nitrogens with one attached hydrogen (secondary N) is 2. The molecule has 3 aromatic rings. The van der Waals surface area contributed by atoms with Gasteiger partial charge in [-0.1, -0.05) is 6.07 Å². The average Bonchev–Trinajstić information content (AvgIpc) is 3.31. The summed E-state index contributed by atoms with van der Waals surface area (Å²) in [5.41, 5.74) is 3.03. The van der Waals surface area contributed by atoms with Gasteiger partial charge in [0.15, 0.2) is 5.65 Å². The van der Waals surface area contributed by atoms with Gasteiger partial charge in [-0.05, 0) is 24.4 Å². The first-order valence-corrected chi connectivity index (χ1v) is 10.1. The number of aryl methyl sites for hydroxylation is 2. The van der Waals surface area contributed by atoms with Gasteiger partial charge in [-0.15, -0.1) is 36.2 Å². The first-order chi connectivity index (χ1) is 13.1. The van der Waals surface area contributed by atoms with Gasteiger partial charge in [0.25, 0.3) is 5.91 Å². The highest BCUT2D eigenvalue weighted by Gasteiger charge is 2.19. The number of amides is 1. The van der Waals surface area contributed by atoms with Gasteiger partial charge in [0.05, 0.1) is 27.2 Å². The third-order valence-corrected chi connectivity index (χ3v) is 5.80. The molecular weight excluding hydrogens is 431 g/mol. The molecule has 2 N–H and O–H groups in total. The van der Waals surface area contributed by atoms with E-state index in [9.17, 15) is 4.79 Å². The Balaban J connectivity index is 0.00000150. The van der Waals surface area contributed by atoms with Crippen molar-refractivity contribution < 1.29 is 4.79 Å². The second-order valence-electron chi connectivity index (χ2n) is 6.79. The summed E-state index contributed by atoms with van der Waals surface area (Å²) in [5.74, 6) is -0.0635. The Hall–Kier alpha value is -1.71. The van der Waals surface area contributed by atoms with Gasteiger partial charge in [-0.3, -0.25) is 14.4 Å². The van der Waals surface area contributed by atoms with Crippen LogP contribution in [0.4, 0.5) is 0 Å². The van der Waals surface area contributed by atoms with Crippen LogP contribution >= 0.6 is 36.2 Å². The van der Waals surface area contributed by atoms with Crippen LogP contribution < -0.4 is 10.6 Å². The second kappa shape index (κ2) is 10.4. The number of carbonyl (C=O) groups excluding carboxylic acids is 1. The molecule has 10 heteroatoms. The molecule has 1 aliphatic rings. The van der Waals surface area contributed by atoms with Crippen molar-refractivity contribution in [3.63, 3.8) is 0 Å². The molecule has 0 bridgehead atoms. The predicted molar refractivity (Wildman–Crippen MR) is 123 cm³/mol. The van der Waals surface area contributed by atoms with Gasteiger partial charge in [-0.25, -0.2) is 4.98 Å². The maximum atomic E-state index is 13.0. The van der Waals surface area contributed by atoms with Crippen molar-refractivity contribution >= 4 is 53.1 Å². The van der Waals surface area contributed by atoms with E-state index in [0.717, 1.165) is 60.0 Å². The summed E-state index contributed by atoms with van der Waals surface area (Å²) >= 11 is 1.62. The molecule has 0 saturated carbocycles. The van der Waals surface area contributed by atoms with Crippen LogP contribution in [0.1, 0.15) is 16.1 Å². The van der Waals surface area contributed by atoms with Crippen LogP contribution in [0.3, 0.4) is 0 Å². The summed E-state index contributed by atoms with van der Waals surface area (Å²) in [7, 11) is 1.87. The highest BCUT2D eigenvalue weighted by molar-refractivity contribution is 7.13. The van der Waals surface area contributed by atoms with Crippen LogP contribution in [-0.4, -0.2) is 64.8 Å². The highest BCUT2D eigenvalue weighted by Crippen LogP contribution is 2.29. The molecule has 0 radical (unpaired) electrons. The Labute approximate surface area is 186 Å². The highest BCUT2D eigenvalue weighted by atomic mass is 35.5. The summed E-state index contributed by atoms with van der Waals surface area (Å²) < 4.78 is 1.75. The molecule has 0 aromatic carbocycles. The molecule has 0 spiro atoms. The van der Waals surface area contributed by atoms with E-state index < -0.39 is 0 Å². The van der Waals surface area contributed by atoms with Gasteiger partial charge in [0, 0.05) is 46.3 Å². The standard InChI is InChI=1S/C19H24N6OS.2ClH/c1-13-17-14(19(26)21-7-10-25-8-5-20-6-9-25)12-15(16-4-3-11-27-16)22-18(17)24(2)23-13;;/h3-4,11-12,20H,5-10H2,1-2H3,(H,21,26);2*1H. The van der Waals surface area contributed by atoms with Gasteiger partial charge < -0.3 is 10.6 Å². The van der Waals surface area contributed by atoms with Crippen molar-refractivity contribution in [3.05, 3.63) is 34.8 Å². The smallest absolute Gasteiger partial charge is 0.252 e. The minimum Gasteiger partial charge on any atom is -0.351 e. The largest absolute Gasteiger partial charge is 0.351 e. The molecule has 29 heavy (non-hydrogen) atoms. The Morgan fingerprint density at radius 3 is 2.76 bits per heavy atom. The number of carbonyl (C=O) groups is 1. The fraction of sp³-hybridized carbons (Fsp3) is 0.421. The molecule has 4 rings (SSSR count). The number of rotatable bonds is 5. The zero-order valence-corrected chi connectivity index (χ0v) is 18.9. The topological polar surface area (TPSA) is 75.1 Å². The lowest BCUT2D eigenvalue weighted by Crippen LogP contribution is -2.46. The lowest BCUT2D eigenvalue weighted by Gasteiger charge is -2.27. The quantitative estimate of drug-likeness (QED) is 0.616. The molecule has 1 aliphatic heterocycles. The molecule has 158 valence electrons. The van der Waals surface area contributed by atoms with Crippen LogP contribution in [0, 0.1) is 6.92 Å². The number of aromatic nitrogens is 3. The van der Waals surface area contributed by atoms with Crippen molar-refractivity contribution in [3.8, 4) is 10.6 Å². The molecule has 1 fully saturated rings. The number of halogens is 2. The average molecular weight is 457 g/mol. The maximum absolute atomic E-state index is 13.0. The number of hydrogen-bond acceptors (Lipinski definition) is 6. The molecule has 0 unspecified atom stereocenters. The van der Waals surface area contributed by atoms with Crippen LogP contribution in [-0.2, 0) is 7.05 Å². The Kier molecular flexibility index (Phi) is 8.42. The van der Waals surface area contributed by atoms with E-state index in [1.165, 1.54) is 0 Å². The summed E-state index contributed by atoms with van der Waals surface area (Å²) in [6, 6.07) is 5.91. The third-order valence-electron chi connectivity index (χ3n) is 4.91. The first-order valence-electron chi connectivity index (χ1n) is 9.23. The second-order valence-corrected chi connectivity index (χ2v) is 7.74. The zero-order valence-electron chi connectivity index (χ0n) is 16.5. The summed E-state index contributed by atoms with van der Waals surface area (Å²) in [6.07, 6.45) is 0. The minimum absolute atomic E-state index is 0. The lowest BCUT2D eigenvalue weighted by molar-refractivity contribution is 0.0949. The zero-order chi connectivity index (χ0) is 18.8. The molecule has 0 atom stereocenters. The number of piperazine rings is 1. The summed E-state index contributed by atoms with van der Waals surface area (Å²) in [5, 5.41) is 13.7. The maximum Gasteiger partial charge on any atom is 0.252 e.